The summed E-state index contributed by atoms with van der Waals surface area (Å²) in [5.41, 5.74) is 6.17. The highest BCUT2D eigenvalue weighted by atomic mass is 32.2. The molecule has 0 heterocycles. The van der Waals surface area contributed by atoms with Gasteiger partial charge in [0.2, 0.25) is 5.91 Å². The quantitative estimate of drug-likeness (QED) is 0.901. The number of amides is 1. The number of nitrogens with two attached hydrogens (primary N) is 1. The van der Waals surface area contributed by atoms with Crippen LogP contribution < -0.4 is 5.73 Å². The molecule has 1 aromatic rings. The van der Waals surface area contributed by atoms with E-state index in [-0.39, 0.29) is 11.0 Å². The number of hydrogen-bond donors (Lipinski definition) is 1. The smallest absolute Gasteiger partial charge is 0.248 e. The van der Waals surface area contributed by atoms with Crippen molar-refractivity contribution >= 4 is 15.7 Å². The minimum atomic E-state index is -3.11. The van der Waals surface area contributed by atoms with Gasteiger partial charge in [0, 0.05) is 5.56 Å². The Morgan fingerprint density at radius 1 is 1.28 bits per heavy atom. The average molecular weight is 267 g/mol. The molecule has 0 aromatic heterocycles. The number of benzene rings is 1. The van der Waals surface area contributed by atoms with Crippen molar-refractivity contribution in [3.63, 3.8) is 0 Å². The highest BCUT2D eigenvalue weighted by Gasteiger charge is 2.28. The lowest BCUT2D eigenvalue weighted by Gasteiger charge is -2.11. The summed E-state index contributed by atoms with van der Waals surface area (Å²) in [7, 11) is -3.11. The van der Waals surface area contributed by atoms with E-state index in [1.54, 1.807) is 24.3 Å². The van der Waals surface area contributed by atoms with E-state index >= 15 is 0 Å². The molecule has 1 aromatic carbocycles. The Labute approximate surface area is 107 Å². The van der Waals surface area contributed by atoms with Crippen molar-refractivity contribution in [2.75, 3.05) is 0 Å². The Hall–Kier alpha value is -1.36. The zero-order chi connectivity index (χ0) is 13.2. The van der Waals surface area contributed by atoms with Gasteiger partial charge in [-0.05, 0) is 30.5 Å². The van der Waals surface area contributed by atoms with Gasteiger partial charge in [0.05, 0.1) is 11.0 Å². The van der Waals surface area contributed by atoms with Crippen LogP contribution in [0.3, 0.4) is 0 Å². The molecular formula is C13H17NO3S. The van der Waals surface area contributed by atoms with Crippen LogP contribution in [0.2, 0.25) is 0 Å². The topological polar surface area (TPSA) is 77.2 Å². The zero-order valence-electron chi connectivity index (χ0n) is 10.1. The lowest BCUT2D eigenvalue weighted by Crippen LogP contribution is -2.20. The molecule has 0 spiro atoms. The third kappa shape index (κ3) is 2.90. The highest BCUT2D eigenvalue weighted by Crippen LogP contribution is 2.27. The maximum Gasteiger partial charge on any atom is 0.248 e. The summed E-state index contributed by atoms with van der Waals surface area (Å²) in [6.45, 7) is 0. The molecule has 0 atom stereocenters. The molecule has 5 heteroatoms. The molecule has 0 unspecified atom stereocenters. The summed E-state index contributed by atoms with van der Waals surface area (Å²) >= 11 is 0. The molecule has 1 aliphatic rings. The van der Waals surface area contributed by atoms with Gasteiger partial charge in [0.15, 0.2) is 9.84 Å². The second-order valence-electron chi connectivity index (χ2n) is 4.78. The molecule has 1 saturated carbocycles. The number of sulfone groups is 1. The first kappa shape index (κ1) is 13.1. The van der Waals surface area contributed by atoms with E-state index in [4.69, 9.17) is 5.73 Å². The highest BCUT2D eigenvalue weighted by molar-refractivity contribution is 7.91. The lowest BCUT2D eigenvalue weighted by atomic mass is 10.1. The van der Waals surface area contributed by atoms with E-state index < -0.39 is 15.7 Å². The standard InChI is InChI=1S/C13H17NO3S/c14-13(15)11-5-3-4-10(8-11)9-18(16,17)12-6-1-2-7-12/h3-5,8,12H,1-2,6-7,9H2,(H2,14,15). The van der Waals surface area contributed by atoms with E-state index in [0.29, 0.717) is 11.1 Å². The monoisotopic (exact) mass is 267 g/mol. The van der Waals surface area contributed by atoms with Crippen molar-refractivity contribution in [1.82, 2.24) is 0 Å². The van der Waals surface area contributed by atoms with Gasteiger partial charge in [-0.25, -0.2) is 8.42 Å². The summed E-state index contributed by atoms with van der Waals surface area (Å²) < 4.78 is 24.3. The van der Waals surface area contributed by atoms with Gasteiger partial charge in [-0.3, -0.25) is 4.79 Å². The Kier molecular flexibility index (Phi) is 3.71. The molecule has 18 heavy (non-hydrogen) atoms. The summed E-state index contributed by atoms with van der Waals surface area (Å²) in [4.78, 5) is 11.0. The fraction of sp³-hybridized carbons (Fsp3) is 0.462. The van der Waals surface area contributed by atoms with Gasteiger partial charge in [-0.2, -0.15) is 0 Å². The molecule has 1 fully saturated rings. The van der Waals surface area contributed by atoms with Crippen molar-refractivity contribution in [3.8, 4) is 0 Å². The third-order valence-corrected chi connectivity index (χ3v) is 5.61. The Morgan fingerprint density at radius 3 is 2.56 bits per heavy atom. The molecule has 1 aliphatic carbocycles. The Morgan fingerprint density at radius 2 is 1.94 bits per heavy atom. The van der Waals surface area contributed by atoms with Crippen molar-refractivity contribution in [2.24, 2.45) is 5.73 Å². The number of hydrogen-bond acceptors (Lipinski definition) is 3. The molecule has 2 N–H and O–H groups in total. The zero-order valence-corrected chi connectivity index (χ0v) is 10.9. The maximum absolute atomic E-state index is 12.2. The predicted molar refractivity (Wildman–Crippen MR) is 69.8 cm³/mol. The fourth-order valence-corrected chi connectivity index (χ4v) is 4.34. The number of carbonyl (C=O) groups excluding carboxylic acids is 1. The average Bonchev–Trinajstić information content (AvgIpc) is 2.82. The Bertz CT molecular complexity index is 545. The molecule has 4 nitrogen and oxygen atoms in total. The summed E-state index contributed by atoms with van der Waals surface area (Å²) in [5, 5.41) is -0.213. The van der Waals surface area contributed by atoms with Crippen LogP contribution in [0.4, 0.5) is 0 Å². The van der Waals surface area contributed by atoms with Crippen LogP contribution in [-0.4, -0.2) is 19.6 Å². The maximum atomic E-state index is 12.2. The molecule has 0 bridgehead atoms. The first-order chi connectivity index (χ1) is 8.49. The predicted octanol–water partition coefficient (Wildman–Crippen LogP) is 1.64. The minimum Gasteiger partial charge on any atom is -0.366 e. The number of carbonyl (C=O) groups is 1. The second kappa shape index (κ2) is 5.10. The van der Waals surface area contributed by atoms with Gasteiger partial charge < -0.3 is 5.73 Å². The van der Waals surface area contributed by atoms with Crippen LogP contribution in [0.15, 0.2) is 24.3 Å². The summed E-state index contributed by atoms with van der Waals surface area (Å²) in [6, 6.07) is 6.54. The molecule has 0 aliphatic heterocycles. The number of rotatable bonds is 4. The summed E-state index contributed by atoms with van der Waals surface area (Å²) in [5.74, 6) is -0.534. The molecule has 2 rings (SSSR count). The van der Waals surface area contributed by atoms with Crippen molar-refractivity contribution < 1.29 is 13.2 Å². The van der Waals surface area contributed by atoms with Crippen LogP contribution >= 0.6 is 0 Å². The van der Waals surface area contributed by atoms with E-state index in [0.717, 1.165) is 25.7 Å². The molecule has 1 amide bonds. The van der Waals surface area contributed by atoms with E-state index in [9.17, 15) is 13.2 Å². The normalized spacial score (nSPS) is 16.9. The van der Waals surface area contributed by atoms with Gasteiger partial charge in [-0.15, -0.1) is 0 Å². The third-order valence-electron chi connectivity index (χ3n) is 3.39. The minimum absolute atomic E-state index is 0.00120. The largest absolute Gasteiger partial charge is 0.366 e. The first-order valence-electron chi connectivity index (χ1n) is 6.09. The summed E-state index contributed by atoms with van der Waals surface area (Å²) in [6.07, 6.45) is 3.51. The van der Waals surface area contributed by atoms with Gasteiger partial charge >= 0.3 is 0 Å². The molecule has 98 valence electrons. The van der Waals surface area contributed by atoms with Crippen LogP contribution in [0, 0.1) is 0 Å². The van der Waals surface area contributed by atoms with Crippen LogP contribution in [0.5, 0.6) is 0 Å². The lowest BCUT2D eigenvalue weighted by molar-refractivity contribution is 0.1000. The number of primary amides is 1. The van der Waals surface area contributed by atoms with E-state index in [1.807, 2.05) is 0 Å². The van der Waals surface area contributed by atoms with E-state index in [2.05, 4.69) is 0 Å². The molecular weight excluding hydrogens is 250 g/mol. The SMILES string of the molecule is NC(=O)c1cccc(CS(=O)(=O)C2CCCC2)c1. The van der Waals surface area contributed by atoms with Crippen molar-refractivity contribution in [3.05, 3.63) is 35.4 Å². The van der Waals surface area contributed by atoms with Crippen LogP contribution in [-0.2, 0) is 15.6 Å². The van der Waals surface area contributed by atoms with Gasteiger partial charge in [-0.1, -0.05) is 25.0 Å². The first-order valence-corrected chi connectivity index (χ1v) is 7.81. The van der Waals surface area contributed by atoms with Gasteiger partial charge in [0.1, 0.15) is 0 Å². The fourth-order valence-electron chi connectivity index (χ4n) is 2.41. The second-order valence-corrected chi connectivity index (χ2v) is 7.06. The van der Waals surface area contributed by atoms with Crippen LogP contribution in [0.1, 0.15) is 41.6 Å². The molecule has 0 radical (unpaired) electrons. The van der Waals surface area contributed by atoms with Crippen LogP contribution in [0.25, 0.3) is 0 Å². The van der Waals surface area contributed by atoms with Crippen molar-refractivity contribution in [1.29, 1.82) is 0 Å². The van der Waals surface area contributed by atoms with Gasteiger partial charge in [0.25, 0.3) is 0 Å². The van der Waals surface area contributed by atoms with Crippen molar-refractivity contribution in [2.45, 2.75) is 36.7 Å². The Balaban J connectivity index is 2.18. The van der Waals surface area contributed by atoms with E-state index in [1.165, 1.54) is 0 Å². The molecule has 0 saturated heterocycles.